The minimum Gasteiger partial charge on any atom is -0.342 e. The van der Waals surface area contributed by atoms with E-state index in [1.165, 1.54) is 0 Å². The summed E-state index contributed by atoms with van der Waals surface area (Å²) in [7, 11) is 0. The van der Waals surface area contributed by atoms with Crippen molar-refractivity contribution in [2.24, 2.45) is 0 Å². The lowest BCUT2D eigenvalue weighted by Gasteiger charge is -2.32. The van der Waals surface area contributed by atoms with Crippen LogP contribution in [0.15, 0.2) is 29.0 Å². The van der Waals surface area contributed by atoms with Gasteiger partial charge in [-0.15, -0.1) is 0 Å². The predicted molar refractivity (Wildman–Crippen MR) is 81.7 cm³/mol. The molecule has 1 saturated heterocycles. The van der Waals surface area contributed by atoms with E-state index in [4.69, 9.17) is 0 Å². The number of halogens is 1. The first-order chi connectivity index (χ1) is 9.70. The first-order valence-corrected chi connectivity index (χ1v) is 7.90. The molecule has 0 bridgehead atoms. The Balaban J connectivity index is 1.93. The van der Waals surface area contributed by atoms with Crippen LogP contribution in [0.25, 0.3) is 5.52 Å². The highest BCUT2D eigenvalue weighted by atomic mass is 79.9. The summed E-state index contributed by atoms with van der Waals surface area (Å²) in [6, 6.07) is 6.08. The van der Waals surface area contributed by atoms with Crippen LogP contribution in [-0.2, 0) is 4.79 Å². The number of pyridine rings is 1. The molecule has 0 spiro atoms. The molecule has 1 aliphatic heterocycles. The molecule has 0 N–H and O–H groups in total. The van der Waals surface area contributed by atoms with Gasteiger partial charge in [-0.1, -0.05) is 13.0 Å². The zero-order valence-electron chi connectivity index (χ0n) is 11.6. The van der Waals surface area contributed by atoms with E-state index in [1.54, 1.807) is 0 Å². The molecular formula is C15H18BrN3O. The summed E-state index contributed by atoms with van der Waals surface area (Å²) in [5.74, 6) is 1.62. The minimum atomic E-state index is 0.245. The standard InChI is InChI=1S/C15H18BrN3O/c1-2-13(20)18-8-5-6-11(10-18)15-17-14(16)12-7-3-4-9-19(12)15/h3-4,7,9,11H,2,5-6,8,10H2,1H3. The average molecular weight is 336 g/mol. The van der Waals surface area contributed by atoms with Crippen LogP contribution in [0.5, 0.6) is 0 Å². The highest BCUT2D eigenvalue weighted by Gasteiger charge is 2.27. The molecule has 20 heavy (non-hydrogen) atoms. The summed E-state index contributed by atoms with van der Waals surface area (Å²) in [5.41, 5.74) is 1.08. The molecule has 1 unspecified atom stereocenters. The number of imidazole rings is 1. The molecule has 1 aliphatic rings. The van der Waals surface area contributed by atoms with Gasteiger partial charge in [0.2, 0.25) is 5.91 Å². The molecule has 5 heteroatoms. The fourth-order valence-corrected chi connectivity index (χ4v) is 3.45. The van der Waals surface area contributed by atoms with Gasteiger partial charge >= 0.3 is 0 Å². The van der Waals surface area contributed by atoms with Crippen LogP contribution in [-0.4, -0.2) is 33.3 Å². The Hall–Kier alpha value is -1.36. The fourth-order valence-electron chi connectivity index (χ4n) is 2.95. The average Bonchev–Trinajstić information content (AvgIpc) is 2.84. The molecular weight excluding hydrogens is 318 g/mol. The third-order valence-corrected chi connectivity index (χ3v) is 4.56. The molecule has 1 amide bonds. The van der Waals surface area contributed by atoms with Crippen molar-refractivity contribution in [1.82, 2.24) is 14.3 Å². The second-order valence-electron chi connectivity index (χ2n) is 5.25. The third kappa shape index (κ3) is 2.35. The number of aromatic nitrogens is 2. The van der Waals surface area contributed by atoms with Crippen LogP contribution in [0.3, 0.4) is 0 Å². The molecule has 0 saturated carbocycles. The highest BCUT2D eigenvalue weighted by Crippen LogP contribution is 2.29. The van der Waals surface area contributed by atoms with E-state index in [1.807, 2.05) is 30.2 Å². The molecule has 2 aromatic rings. The number of hydrogen-bond donors (Lipinski definition) is 0. The maximum absolute atomic E-state index is 11.9. The predicted octanol–water partition coefficient (Wildman–Crippen LogP) is 3.21. The van der Waals surface area contributed by atoms with E-state index in [0.717, 1.165) is 41.9 Å². The van der Waals surface area contributed by atoms with Crippen molar-refractivity contribution in [3.05, 3.63) is 34.8 Å². The number of likely N-dealkylation sites (tertiary alicyclic amines) is 1. The first kappa shape index (κ1) is 13.6. The number of carbonyl (C=O) groups excluding carboxylic acids is 1. The molecule has 4 nitrogen and oxygen atoms in total. The quantitative estimate of drug-likeness (QED) is 0.845. The second-order valence-corrected chi connectivity index (χ2v) is 6.00. The van der Waals surface area contributed by atoms with Crippen molar-refractivity contribution in [2.75, 3.05) is 13.1 Å². The summed E-state index contributed by atoms with van der Waals surface area (Å²) in [6.07, 6.45) is 4.77. The van der Waals surface area contributed by atoms with Gasteiger partial charge in [-0.05, 0) is 40.9 Å². The lowest BCUT2D eigenvalue weighted by molar-refractivity contribution is -0.132. The van der Waals surface area contributed by atoms with Crippen molar-refractivity contribution in [3.63, 3.8) is 0 Å². The Morgan fingerprint density at radius 3 is 3.15 bits per heavy atom. The molecule has 1 fully saturated rings. The van der Waals surface area contributed by atoms with Crippen LogP contribution in [0, 0.1) is 0 Å². The Morgan fingerprint density at radius 1 is 1.50 bits per heavy atom. The molecule has 2 aromatic heterocycles. The van der Waals surface area contributed by atoms with Gasteiger partial charge in [0, 0.05) is 31.6 Å². The first-order valence-electron chi connectivity index (χ1n) is 7.11. The van der Waals surface area contributed by atoms with E-state index >= 15 is 0 Å². The van der Waals surface area contributed by atoms with Gasteiger partial charge in [0.15, 0.2) is 0 Å². The van der Waals surface area contributed by atoms with Crippen LogP contribution in [0.2, 0.25) is 0 Å². The molecule has 1 atom stereocenters. The van der Waals surface area contributed by atoms with E-state index in [2.05, 4.69) is 31.4 Å². The van der Waals surface area contributed by atoms with Crippen molar-refractivity contribution in [2.45, 2.75) is 32.1 Å². The monoisotopic (exact) mass is 335 g/mol. The Bertz CT molecular complexity index is 637. The SMILES string of the molecule is CCC(=O)N1CCCC(c2nc(Br)c3ccccn23)C1. The van der Waals surface area contributed by atoms with Crippen molar-refractivity contribution < 1.29 is 4.79 Å². The number of piperidine rings is 1. The van der Waals surface area contributed by atoms with Crippen LogP contribution in [0.4, 0.5) is 0 Å². The van der Waals surface area contributed by atoms with Gasteiger partial charge < -0.3 is 9.30 Å². The van der Waals surface area contributed by atoms with Gasteiger partial charge in [0.05, 0.1) is 5.52 Å². The number of rotatable bonds is 2. The summed E-state index contributed by atoms with van der Waals surface area (Å²) in [6.45, 7) is 3.59. The highest BCUT2D eigenvalue weighted by molar-refractivity contribution is 9.10. The summed E-state index contributed by atoms with van der Waals surface area (Å²) < 4.78 is 3.02. The normalized spacial score (nSPS) is 19.5. The van der Waals surface area contributed by atoms with Crippen molar-refractivity contribution in [3.8, 4) is 0 Å². The summed E-state index contributed by atoms with van der Waals surface area (Å²) in [5, 5.41) is 0. The number of nitrogens with zero attached hydrogens (tertiary/aromatic N) is 3. The zero-order chi connectivity index (χ0) is 14.1. The Morgan fingerprint density at radius 2 is 2.35 bits per heavy atom. The van der Waals surface area contributed by atoms with E-state index in [9.17, 15) is 4.79 Å². The maximum Gasteiger partial charge on any atom is 0.222 e. The topological polar surface area (TPSA) is 37.6 Å². The molecule has 3 rings (SSSR count). The van der Waals surface area contributed by atoms with Crippen molar-refractivity contribution >= 4 is 27.4 Å². The molecule has 0 radical (unpaired) electrons. The number of amides is 1. The molecule has 106 valence electrons. The third-order valence-electron chi connectivity index (χ3n) is 3.97. The number of fused-ring (bicyclic) bond motifs is 1. The Labute approximate surface area is 126 Å². The van der Waals surface area contributed by atoms with Crippen LogP contribution in [0.1, 0.15) is 37.9 Å². The van der Waals surface area contributed by atoms with Gasteiger partial charge in [-0.3, -0.25) is 4.79 Å². The van der Waals surface area contributed by atoms with Gasteiger partial charge in [0.25, 0.3) is 0 Å². The summed E-state index contributed by atoms with van der Waals surface area (Å²) in [4.78, 5) is 18.6. The fraction of sp³-hybridized carbons (Fsp3) is 0.467. The van der Waals surface area contributed by atoms with Gasteiger partial charge in [-0.25, -0.2) is 4.98 Å². The lowest BCUT2D eigenvalue weighted by Crippen LogP contribution is -2.39. The minimum absolute atomic E-state index is 0.245. The largest absolute Gasteiger partial charge is 0.342 e. The molecule has 3 heterocycles. The second kappa shape index (κ2) is 5.56. The van der Waals surface area contributed by atoms with E-state index in [0.29, 0.717) is 12.3 Å². The number of hydrogen-bond acceptors (Lipinski definition) is 2. The zero-order valence-corrected chi connectivity index (χ0v) is 13.1. The van der Waals surface area contributed by atoms with Gasteiger partial charge in [0.1, 0.15) is 10.4 Å². The summed E-state index contributed by atoms with van der Waals surface area (Å²) >= 11 is 3.53. The van der Waals surface area contributed by atoms with Crippen molar-refractivity contribution in [1.29, 1.82) is 0 Å². The van der Waals surface area contributed by atoms with Gasteiger partial charge in [-0.2, -0.15) is 0 Å². The maximum atomic E-state index is 11.9. The smallest absolute Gasteiger partial charge is 0.222 e. The van der Waals surface area contributed by atoms with E-state index < -0.39 is 0 Å². The molecule has 0 aromatic carbocycles. The molecule has 0 aliphatic carbocycles. The lowest BCUT2D eigenvalue weighted by atomic mass is 9.97. The van der Waals surface area contributed by atoms with Crippen LogP contribution < -0.4 is 0 Å². The Kier molecular flexibility index (Phi) is 3.78. The number of carbonyl (C=O) groups is 1. The van der Waals surface area contributed by atoms with E-state index in [-0.39, 0.29) is 5.91 Å². The van der Waals surface area contributed by atoms with Crippen LogP contribution >= 0.6 is 15.9 Å².